The zero-order valence-corrected chi connectivity index (χ0v) is 20.9. The number of hydrogen-bond donors (Lipinski definition) is 2. The van der Waals surface area contributed by atoms with E-state index in [1.165, 1.54) is 12.1 Å². The van der Waals surface area contributed by atoms with Gasteiger partial charge in [-0.15, -0.1) is 0 Å². The summed E-state index contributed by atoms with van der Waals surface area (Å²) < 4.78 is 86.4. The van der Waals surface area contributed by atoms with Crippen LogP contribution in [-0.4, -0.2) is 35.4 Å². The van der Waals surface area contributed by atoms with Crippen LogP contribution in [0.3, 0.4) is 0 Å². The molecule has 40 heavy (non-hydrogen) atoms. The number of carbonyl (C=O) groups excluding carboxylic acids is 2. The van der Waals surface area contributed by atoms with Crippen LogP contribution in [0.5, 0.6) is 0 Å². The lowest BCUT2D eigenvalue weighted by atomic mass is 9.92. The number of rotatable bonds is 8. The first-order valence-corrected chi connectivity index (χ1v) is 12.4. The molecule has 1 aliphatic rings. The Hall–Kier alpha value is -3.87. The van der Waals surface area contributed by atoms with E-state index in [9.17, 15) is 35.9 Å². The van der Waals surface area contributed by atoms with E-state index in [2.05, 4.69) is 20.5 Å². The fourth-order valence-electron chi connectivity index (χ4n) is 4.41. The van der Waals surface area contributed by atoms with E-state index in [0.717, 1.165) is 17.7 Å². The Morgan fingerprint density at radius 3 is 2.15 bits per heavy atom. The van der Waals surface area contributed by atoms with Crippen molar-refractivity contribution in [2.45, 2.75) is 63.3 Å². The van der Waals surface area contributed by atoms with Gasteiger partial charge in [0.15, 0.2) is 11.5 Å². The summed E-state index contributed by atoms with van der Waals surface area (Å²) in [6, 6.07) is 13.2. The summed E-state index contributed by atoms with van der Waals surface area (Å²) in [6.45, 7) is 0.540. The van der Waals surface area contributed by atoms with Crippen LogP contribution in [0.1, 0.15) is 52.9 Å². The molecule has 1 aliphatic carbocycles. The first-order valence-electron chi connectivity index (χ1n) is 12.4. The molecular weight excluding hydrogens is 544 g/mol. The van der Waals surface area contributed by atoms with Gasteiger partial charge >= 0.3 is 18.3 Å². The lowest BCUT2D eigenvalue weighted by molar-refractivity contribution is -0.206. The average Bonchev–Trinajstić information content (AvgIpc) is 3.33. The van der Waals surface area contributed by atoms with E-state index >= 15 is 0 Å². The fraction of sp³-hybridized carbons (Fsp3) is 0.370. The summed E-state index contributed by atoms with van der Waals surface area (Å²) in [6.07, 6.45) is -9.69. The molecule has 7 nitrogen and oxygen atoms in total. The highest BCUT2D eigenvalue weighted by Crippen LogP contribution is 2.33. The number of esters is 1. The maximum Gasteiger partial charge on any atom is 0.490 e. The Kier molecular flexibility index (Phi) is 8.82. The molecule has 0 radical (unpaired) electrons. The van der Waals surface area contributed by atoms with Crippen molar-refractivity contribution in [3.63, 3.8) is 0 Å². The Balaban J connectivity index is 1.47. The summed E-state index contributed by atoms with van der Waals surface area (Å²) in [5.41, 5.74) is 0.683. The summed E-state index contributed by atoms with van der Waals surface area (Å²) in [5, 5.41) is 9.86. The van der Waals surface area contributed by atoms with Crippen LogP contribution in [0.25, 0.3) is 11.3 Å². The topological polar surface area (TPSA) is 93.5 Å². The summed E-state index contributed by atoms with van der Waals surface area (Å²) in [7, 11) is 0. The first-order chi connectivity index (χ1) is 18.9. The van der Waals surface area contributed by atoms with Crippen molar-refractivity contribution in [1.29, 1.82) is 0 Å². The van der Waals surface area contributed by atoms with Crippen molar-refractivity contribution in [3.05, 3.63) is 77.0 Å². The van der Waals surface area contributed by atoms with Gasteiger partial charge in [-0.05, 0) is 43.4 Å². The van der Waals surface area contributed by atoms with Gasteiger partial charge in [-0.3, -0.25) is 4.79 Å². The maximum atomic E-state index is 13.1. The van der Waals surface area contributed by atoms with Gasteiger partial charge in [0.1, 0.15) is 6.10 Å². The largest absolute Gasteiger partial charge is 0.490 e. The minimum atomic E-state index is -5.08. The van der Waals surface area contributed by atoms with Gasteiger partial charge in [-0.25, -0.2) is 4.79 Å². The van der Waals surface area contributed by atoms with Crippen molar-refractivity contribution in [1.82, 2.24) is 15.8 Å². The predicted octanol–water partition coefficient (Wildman–Crippen LogP) is 5.80. The van der Waals surface area contributed by atoms with Crippen molar-refractivity contribution < 1.29 is 45.2 Å². The second kappa shape index (κ2) is 12.1. The van der Waals surface area contributed by atoms with Crippen molar-refractivity contribution in [2.24, 2.45) is 0 Å². The highest BCUT2D eigenvalue weighted by Gasteiger charge is 2.42. The van der Waals surface area contributed by atoms with Crippen LogP contribution in [0.15, 0.2) is 59.1 Å². The summed E-state index contributed by atoms with van der Waals surface area (Å²) in [5.74, 6) is -2.72. The van der Waals surface area contributed by atoms with E-state index in [1.807, 2.05) is 30.3 Å². The molecule has 214 valence electrons. The Morgan fingerprint density at radius 2 is 1.55 bits per heavy atom. The number of aromatic nitrogens is 1. The van der Waals surface area contributed by atoms with Gasteiger partial charge < -0.3 is 19.9 Å². The predicted molar refractivity (Wildman–Crippen MR) is 130 cm³/mol. The molecule has 1 fully saturated rings. The lowest BCUT2D eigenvalue weighted by Crippen LogP contribution is -2.41. The molecule has 1 heterocycles. The van der Waals surface area contributed by atoms with E-state index < -0.39 is 41.9 Å². The second-order valence-corrected chi connectivity index (χ2v) is 9.35. The highest BCUT2D eigenvalue weighted by atomic mass is 19.4. The third-order valence-electron chi connectivity index (χ3n) is 6.47. The van der Waals surface area contributed by atoms with Gasteiger partial charge in [-0.1, -0.05) is 47.6 Å². The number of benzene rings is 2. The fourth-order valence-corrected chi connectivity index (χ4v) is 4.41. The average molecular weight is 570 g/mol. The van der Waals surface area contributed by atoms with Crippen LogP contribution in [0.2, 0.25) is 0 Å². The molecule has 2 aromatic carbocycles. The molecule has 0 atom stereocenters. The zero-order chi connectivity index (χ0) is 28.9. The smallest absolute Gasteiger partial charge is 0.456 e. The van der Waals surface area contributed by atoms with Gasteiger partial charge in [0.2, 0.25) is 0 Å². The molecule has 1 aromatic heterocycles. The summed E-state index contributed by atoms with van der Waals surface area (Å²) >= 11 is 0. The number of nitrogens with zero attached hydrogens (tertiary/aromatic N) is 1. The van der Waals surface area contributed by atoms with E-state index in [4.69, 9.17) is 4.52 Å². The zero-order valence-electron chi connectivity index (χ0n) is 20.9. The van der Waals surface area contributed by atoms with E-state index in [0.29, 0.717) is 17.7 Å². The van der Waals surface area contributed by atoms with E-state index in [1.54, 1.807) is 0 Å². The number of halogens is 6. The Morgan fingerprint density at radius 1 is 0.900 bits per heavy atom. The molecule has 1 saturated carbocycles. The molecule has 1 amide bonds. The molecule has 0 aliphatic heterocycles. The van der Waals surface area contributed by atoms with Crippen molar-refractivity contribution in [2.75, 3.05) is 0 Å². The van der Waals surface area contributed by atoms with Gasteiger partial charge in [0, 0.05) is 30.3 Å². The molecule has 0 unspecified atom stereocenters. The standard InChI is InChI=1S/C27H25F6N3O4/c28-26(29,30)18-8-6-17(7-9-18)23-21(15-34-14-16-4-2-1-3-5-16)22(36-40-23)24(37)35-19-10-12-20(13-11-19)39-25(38)27(31,32)33/h1-9,19-20,34H,10-15H2,(H,35,37). The monoisotopic (exact) mass is 569 g/mol. The van der Waals surface area contributed by atoms with Crippen LogP contribution < -0.4 is 10.6 Å². The van der Waals surface area contributed by atoms with Crippen LogP contribution in [0, 0.1) is 0 Å². The van der Waals surface area contributed by atoms with Gasteiger partial charge in [0.25, 0.3) is 5.91 Å². The van der Waals surface area contributed by atoms with Gasteiger partial charge in [0.05, 0.1) is 5.56 Å². The molecule has 13 heteroatoms. The number of hydrogen-bond acceptors (Lipinski definition) is 6. The van der Waals surface area contributed by atoms with Gasteiger partial charge in [-0.2, -0.15) is 26.3 Å². The Labute approximate surface area is 224 Å². The highest BCUT2D eigenvalue weighted by molar-refractivity contribution is 5.95. The third-order valence-corrected chi connectivity index (χ3v) is 6.47. The minimum absolute atomic E-state index is 0.0684. The molecule has 0 bridgehead atoms. The van der Waals surface area contributed by atoms with Crippen molar-refractivity contribution in [3.8, 4) is 11.3 Å². The molecule has 2 N–H and O–H groups in total. The maximum absolute atomic E-state index is 13.1. The second-order valence-electron chi connectivity index (χ2n) is 9.35. The number of alkyl halides is 6. The van der Waals surface area contributed by atoms with E-state index in [-0.39, 0.29) is 43.7 Å². The number of nitrogens with one attached hydrogen (secondary N) is 2. The Bertz CT molecular complexity index is 1300. The number of ether oxygens (including phenoxy) is 1. The van der Waals surface area contributed by atoms with Crippen LogP contribution >= 0.6 is 0 Å². The minimum Gasteiger partial charge on any atom is -0.456 e. The van der Waals surface area contributed by atoms with Crippen LogP contribution in [0.4, 0.5) is 26.3 Å². The SMILES string of the molecule is O=C(NC1CCC(OC(=O)C(F)(F)F)CC1)c1noc(-c2ccc(C(F)(F)F)cc2)c1CNCc1ccccc1. The van der Waals surface area contributed by atoms with Crippen molar-refractivity contribution >= 4 is 11.9 Å². The normalized spacial score (nSPS) is 17.9. The molecule has 3 aromatic rings. The number of carbonyl (C=O) groups is 2. The molecular formula is C27H25F6N3O4. The lowest BCUT2D eigenvalue weighted by Gasteiger charge is -2.28. The summed E-state index contributed by atoms with van der Waals surface area (Å²) in [4.78, 5) is 24.2. The number of amides is 1. The quantitative estimate of drug-likeness (QED) is 0.263. The molecule has 4 rings (SSSR count). The molecule has 0 saturated heterocycles. The molecule has 0 spiro atoms. The first kappa shape index (κ1) is 29.1. The van der Waals surface area contributed by atoms with Crippen LogP contribution in [-0.2, 0) is 28.8 Å². The third kappa shape index (κ3) is 7.40.